The summed E-state index contributed by atoms with van der Waals surface area (Å²) >= 11 is 8.14. The van der Waals surface area contributed by atoms with Gasteiger partial charge in [-0.3, -0.25) is 4.84 Å². The molecular weight excluding hydrogens is 154 g/mol. The van der Waals surface area contributed by atoms with Crippen molar-refractivity contribution >= 4 is 25.3 Å². The minimum Gasteiger partial charge on any atom is -0.297 e. The lowest BCUT2D eigenvalue weighted by atomic mass is 10.7. The molecule has 56 valence electrons. The fourth-order valence-electron chi connectivity index (χ4n) is 0.487. The summed E-state index contributed by atoms with van der Waals surface area (Å²) in [7, 11) is 0. The quantitative estimate of drug-likeness (QED) is 0.373. The predicted molar refractivity (Wildman–Crippen MR) is 45.8 cm³/mol. The lowest BCUT2D eigenvalue weighted by Crippen LogP contribution is -2.27. The van der Waals surface area contributed by atoms with Crippen LogP contribution < -0.4 is 0 Å². The van der Waals surface area contributed by atoms with E-state index in [-0.39, 0.29) is 4.71 Å². The van der Waals surface area contributed by atoms with E-state index in [9.17, 15) is 0 Å². The average Bonchev–Trinajstić information content (AvgIpc) is 1.82. The lowest BCUT2D eigenvalue weighted by Gasteiger charge is -2.21. The minimum atomic E-state index is -0.116. The van der Waals surface area contributed by atoms with Crippen LogP contribution in [0.25, 0.3) is 0 Å². The molecule has 0 aliphatic heterocycles. The van der Waals surface area contributed by atoms with Gasteiger partial charge < -0.3 is 0 Å². The molecule has 0 bridgehead atoms. The molecule has 0 fully saturated rings. The Labute approximate surface area is 67.3 Å². The Morgan fingerprint density at radius 2 is 2.00 bits per heavy atom. The van der Waals surface area contributed by atoms with Crippen LogP contribution in [-0.2, 0) is 4.84 Å². The summed E-state index contributed by atoms with van der Waals surface area (Å²) in [6.07, 6.45) is 0. The van der Waals surface area contributed by atoms with Gasteiger partial charge >= 0.3 is 0 Å². The molecule has 0 aromatic heterocycles. The number of hydrogen-bond acceptors (Lipinski definition) is 4. The van der Waals surface area contributed by atoms with Crippen LogP contribution in [0.15, 0.2) is 0 Å². The zero-order chi connectivity index (χ0) is 7.28. The molecule has 0 N–H and O–H groups in total. The Balaban J connectivity index is 3.41. The van der Waals surface area contributed by atoms with Crippen LogP contribution in [-0.4, -0.2) is 22.9 Å². The van der Waals surface area contributed by atoms with E-state index in [2.05, 4.69) is 25.3 Å². The van der Waals surface area contributed by atoms with Crippen molar-refractivity contribution in [3.05, 3.63) is 0 Å². The second-order valence-electron chi connectivity index (χ2n) is 1.50. The number of nitrogens with zero attached hydrogens (tertiary/aromatic N) is 1. The zero-order valence-electron chi connectivity index (χ0n) is 5.74. The summed E-state index contributed by atoms with van der Waals surface area (Å²) in [5.74, 6) is 0. The molecular formula is C5H13NOS2. The van der Waals surface area contributed by atoms with Gasteiger partial charge in [0.15, 0.2) is 0 Å². The van der Waals surface area contributed by atoms with Gasteiger partial charge in [-0.2, -0.15) is 5.06 Å². The van der Waals surface area contributed by atoms with E-state index in [0.29, 0.717) is 6.61 Å². The smallest absolute Gasteiger partial charge is 0.120 e. The molecule has 0 aliphatic rings. The van der Waals surface area contributed by atoms with Crippen molar-refractivity contribution in [2.24, 2.45) is 0 Å². The Bertz CT molecular complexity index is 70.0. The molecule has 0 saturated heterocycles. The van der Waals surface area contributed by atoms with Gasteiger partial charge in [-0.05, 0) is 6.92 Å². The molecule has 0 heterocycles. The van der Waals surface area contributed by atoms with Gasteiger partial charge in [-0.25, -0.2) is 0 Å². The van der Waals surface area contributed by atoms with E-state index >= 15 is 0 Å². The summed E-state index contributed by atoms with van der Waals surface area (Å²) in [6.45, 7) is 5.42. The van der Waals surface area contributed by atoms with Crippen molar-refractivity contribution in [1.82, 2.24) is 5.06 Å². The van der Waals surface area contributed by atoms with E-state index in [0.717, 1.165) is 6.54 Å². The molecule has 0 radical (unpaired) electrons. The summed E-state index contributed by atoms with van der Waals surface area (Å²) in [5, 5.41) is 1.70. The number of thiol groups is 2. The zero-order valence-corrected chi connectivity index (χ0v) is 7.53. The van der Waals surface area contributed by atoms with Gasteiger partial charge in [0.1, 0.15) is 4.71 Å². The molecule has 0 spiro atoms. The molecule has 0 unspecified atom stereocenters. The van der Waals surface area contributed by atoms with E-state index in [1.165, 1.54) is 0 Å². The second-order valence-corrected chi connectivity index (χ2v) is 2.88. The van der Waals surface area contributed by atoms with Crippen molar-refractivity contribution in [2.45, 2.75) is 18.6 Å². The summed E-state index contributed by atoms with van der Waals surface area (Å²) < 4.78 is -0.116. The highest BCUT2D eigenvalue weighted by Gasteiger charge is 2.06. The standard InChI is InChI=1S/C5H13NOS2/c1-3-6(5(8)9)7-4-2/h5,8-9H,3-4H2,1-2H3. The summed E-state index contributed by atoms with van der Waals surface area (Å²) in [6, 6.07) is 0. The minimum absolute atomic E-state index is 0.116. The third-order valence-corrected chi connectivity index (χ3v) is 1.38. The van der Waals surface area contributed by atoms with E-state index in [4.69, 9.17) is 4.84 Å². The van der Waals surface area contributed by atoms with Crippen molar-refractivity contribution in [3.8, 4) is 0 Å². The van der Waals surface area contributed by atoms with Crippen LogP contribution in [0.2, 0.25) is 0 Å². The Morgan fingerprint density at radius 3 is 2.11 bits per heavy atom. The van der Waals surface area contributed by atoms with Gasteiger partial charge in [0.25, 0.3) is 0 Å². The van der Waals surface area contributed by atoms with Gasteiger partial charge in [-0.15, -0.1) is 25.3 Å². The number of hydroxylamine groups is 2. The first-order valence-electron chi connectivity index (χ1n) is 2.98. The van der Waals surface area contributed by atoms with Crippen LogP contribution >= 0.6 is 25.3 Å². The lowest BCUT2D eigenvalue weighted by molar-refractivity contribution is -0.142. The highest BCUT2D eigenvalue weighted by atomic mass is 32.2. The maximum atomic E-state index is 5.13. The SMILES string of the molecule is CCON(CC)C(S)S. The Hall–Kier alpha value is 0.620. The fourth-order valence-corrected chi connectivity index (χ4v) is 0.947. The molecule has 0 rings (SSSR count). The molecule has 0 amide bonds. The van der Waals surface area contributed by atoms with E-state index in [1.54, 1.807) is 5.06 Å². The molecule has 0 aromatic rings. The second kappa shape index (κ2) is 5.41. The molecule has 9 heavy (non-hydrogen) atoms. The van der Waals surface area contributed by atoms with Crippen LogP contribution in [0, 0.1) is 0 Å². The maximum absolute atomic E-state index is 5.13. The van der Waals surface area contributed by atoms with E-state index < -0.39 is 0 Å². The molecule has 4 heteroatoms. The highest BCUT2D eigenvalue weighted by molar-refractivity contribution is 7.99. The summed E-state index contributed by atoms with van der Waals surface area (Å²) in [5.41, 5.74) is 0. The first kappa shape index (κ1) is 9.62. The number of rotatable bonds is 4. The van der Waals surface area contributed by atoms with E-state index in [1.807, 2.05) is 13.8 Å². The molecule has 2 nitrogen and oxygen atoms in total. The third kappa shape index (κ3) is 4.08. The largest absolute Gasteiger partial charge is 0.297 e. The monoisotopic (exact) mass is 167 g/mol. The van der Waals surface area contributed by atoms with Crippen LogP contribution in [0.1, 0.15) is 13.8 Å². The van der Waals surface area contributed by atoms with Gasteiger partial charge in [0.05, 0.1) is 6.61 Å². The first-order chi connectivity index (χ1) is 4.22. The van der Waals surface area contributed by atoms with Crippen LogP contribution in [0.3, 0.4) is 0 Å². The molecule has 0 atom stereocenters. The Morgan fingerprint density at radius 1 is 1.44 bits per heavy atom. The molecule has 0 saturated carbocycles. The first-order valence-corrected chi connectivity index (χ1v) is 4.01. The molecule has 0 aliphatic carbocycles. The van der Waals surface area contributed by atoms with Crippen molar-refractivity contribution < 1.29 is 4.84 Å². The number of hydrogen-bond donors (Lipinski definition) is 2. The summed E-state index contributed by atoms with van der Waals surface area (Å²) in [4.78, 5) is 5.13. The van der Waals surface area contributed by atoms with Gasteiger partial charge in [0, 0.05) is 6.54 Å². The maximum Gasteiger partial charge on any atom is 0.120 e. The topological polar surface area (TPSA) is 12.5 Å². The Kier molecular flexibility index (Phi) is 5.78. The van der Waals surface area contributed by atoms with Crippen LogP contribution in [0.5, 0.6) is 0 Å². The normalized spacial score (nSPS) is 11.3. The highest BCUT2D eigenvalue weighted by Crippen LogP contribution is 2.07. The van der Waals surface area contributed by atoms with Crippen molar-refractivity contribution in [1.29, 1.82) is 0 Å². The average molecular weight is 167 g/mol. The van der Waals surface area contributed by atoms with Crippen LogP contribution in [0.4, 0.5) is 0 Å². The van der Waals surface area contributed by atoms with Crippen molar-refractivity contribution in [2.75, 3.05) is 13.2 Å². The predicted octanol–water partition coefficient (Wildman–Crippen LogP) is 1.40. The van der Waals surface area contributed by atoms with Gasteiger partial charge in [0.2, 0.25) is 0 Å². The van der Waals surface area contributed by atoms with Crippen molar-refractivity contribution in [3.63, 3.8) is 0 Å². The fraction of sp³-hybridized carbons (Fsp3) is 1.00. The third-order valence-electron chi connectivity index (χ3n) is 0.864. The molecule has 0 aromatic carbocycles. The van der Waals surface area contributed by atoms with Gasteiger partial charge in [-0.1, -0.05) is 6.92 Å².